The van der Waals surface area contributed by atoms with Crippen LogP contribution < -0.4 is 10.2 Å². The molecule has 1 aliphatic carbocycles. The third kappa shape index (κ3) is 2.92. The molecule has 0 saturated heterocycles. The van der Waals surface area contributed by atoms with Crippen molar-refractivity contribution in [2.45, 2.75) is 52.5 Å². The van der Waals surface area contributed by atoms with Gasteiger partial charge in [0.1, 0.15) is 0 Å². The molecule has 21 heavy (non-hydrogen) atoms. The first kappa shape index (κ1) is 14.4. The maximum atomic E-state index is 11.6. The first-order chi connectivity index (χ1) is 10.0. The van der Waals surface area contributed by atoms with Crippen LogP contribution in [0.2, 0.25) is 0 Å². The van der Waals surface area contributed by atoms with Gasteiger partial charge in [0.05, 0.1) is 0 Å². The van der Waals surface area contributed by atoms with Crippen LogP contribution >= 0.6 is 0 Å². The summed E-state index contributed by atoms with van der Waals surface area (Å²) in [5.74, 6) is 1.74. The highest BCUT2D eigenvalue weighted by atomic mass is 16.2. The second-order valence-electron chi connectivity index (χ2n) is 6.91. The average Bonchev–Trinajstić information content (AvgIpc) is 2.85. The quantitative estimate of drug-likeness (QED) is 0.896. The molecule has 1 amide bonds. The summed E-state index contributed by atoms with van der Waals surface area (Å²) in [6.07, 6.45) is 4.88. The Balaban J connectivity index is 1.72. The Bertz CT molecular complexity index is 540. The molecule has 0 bridgehead atoms. The molecule has 0 radical (unpaired) electrons. The smallest absolute Gasteiger partial charge is 0.223 e. The second-order valence-corrected chi connectivity index (χ2v) is 6.91. The molecule has 114 valence electrons. The number of fused-ring (bicyclic) bond motifs is 1. The summed E-state index contributed by atoms with van der Waals surface area (Å²) in [5.41, 5.74) is 3.61. The van der Waals surface area contributed by atoms with Crippen LogP contribution in [0.3, 0.4) is 0 Å². The molecule has 0 spiro atoms. The van der Waals surface area contributed by atoms with Crippen molar-refractivity contribution in [2.24, 2.45) is 11.8 Å². The van der Waals surface area contributed by atoms with Gasteiger partial charge in [0, 0.05) is 30.9 Å². The van der Waals surface area contributed by atoms with Crippen molar-refractivity contribution in [3.05, 3.63) is 23.8 Å². The first-order valence-electron chi connectivity index (χ1n) is 8.22. The van der Waals surface area contributed by atoms with Crippen molar-refractivity contribution in [2.75, 3.05) is 16.8 Å². The monoisotopic (exact) mass is 286 g/mol. The molecule has 1 aromatic carbocycles. The van der Waals surface area contributed by atoms with Crippen molar-refractivity contribution in [3.8, 4) is 0 Å². The van der Waals surface area contributed by atoms with Crippen molar-refractivity contribution in [3.63, 3.8) is 0 Å². The molecule has 3 unspecified atom stereocenters. The number of nitrogens with zero attached hydrogens (tertiary/aromatic N) is 1. The number of amides is 1. The van der Waals surface area contributed by atoms with E-state index < -0.39 is 0 Å². The molecular weight excluding hydrogens is 260 g/mol. The fraction of sp³-hybridized carbons (Fsp3) is 0.611. The zero-order chi connectivity index (χ0) is 15.0. The zero-order valence-electron chi connectivity index (χ0n) is 13.4. The molecule has 3 nitrogen and oxygen atoms in total. The minimum Gasteiger partial charge on any atom is -0.382 e. The van der Waals surface area contributed by atoms with E-state index in [0.29, 0.717) is 6.04 Å². The molecular formula is C18H26N2O. The number of rotatable bonds is 2. The molecule has 1 aliphatic heterocycles. The minimum atomic E-state index is 0.143. The highest BCUT2D eigenvalue weighted by molar-refractivity contribution is 5.94. The van der Waals surface area contributed by atoms with Crippen LogP contribution in [0.25, 0.3) is 0 Å². The van der Waals surface area contributed by atoms with Crippen molar-refractivity contribution in [1.29, 1.82) is 0 Å². The Labute approximate surface area is 127 Å². The van der Waals surface area contributed by atoms with Crippen LogP contribution in [0.4, 0.5) is 11.4 Å². The lowest BCUT2D eigenvalue weighted by atomic mass is 9.80. The normalized spacial score (nSPS) is 28.3. The van der Waals surface area contributed by atoms with Crippen LogP contribution in [0.15, 0.2) is 18.2 Å². The lowest BCUT2D eigenvalue weighted by Crippen LogP contribution is -2.33. The van der Waals surface area contributed by atoms with Gasteiger partial charge in [-0.25, -0.2) is 0 Å². The topological polar surface area (TPSA) is 32.3 Å². The number of carbonyl (C=O) groups excluding carboxylic acids is 1. The SMILES string of the molecule is CC(=O)N1CCc2cc(NC3CCC(C)CC3C)ccc21. The summed E-state index contributed by atoms with van der Waals surface area (Å²) in [4.78, 5) is 13.5. The number of hydrogen-bond donors (Lipinski definition) is 1. The molecule has 1 fully saturated rings. The lowest BCUT2D eigenvalue weighted by Gasteiger charge is -2.34. The minimum absolute atomic E-state index is 0.143. The van der Waals surface area contributed by atoms with Gasteiger partial charge < -0.3 is 10.2 Å². The molecule has 0 aromatic heterocycles. The first-order valence-corrected chi connectivity index (χ1v) is 8.22. The van der Waals surface area contributed by atoms with Gasteiger partial charge in [0.15, 0.2) is 0 Å². The highest BCUT2D eigenvalue weighted by Gasteiger charge is 2.26. The maximum Gasteiger partial charge on any atom is 0.223 e. The van der Waals surface area contributed by atoms with Crippen LogP contribution in [0, 0.1) is 11.8 Å². The van der Waals surface area contributed by atoms with Gasteiger partial charge in [-0.1, -0.05) is 13.8 Å². The van der Waals surface area contributed by atoms with Gasteiger partial charge in [0.2, 0.25) is 5.91 Å². The lowest BCUT2D eigenvalue weighted by molar-refractivity contribution is -0.116. The summed E-state index contributed by atoms with van der Waals surface area (Å²) in [6.45, 7) is 7.19. The van der Waals surface area contributed by atoms with Gasteiger partial charge in [-0.15, -0.1) is 0 Å². The van der Waals surface area contributed by atoms with E-state index in [4.69, 9.17) is 0 Å². The number of anilines is 2. The summed E-state index contributed by atoms with van der Waals surface area (Å²) in [6, 6.07) is 7.06. The summed E-state index contributed by atoms with van der Waals surface area (Å²) in [7, 11) is 0. The van der Waals surface area contributed by atoms with Gasteiger partial charge in [-0.3, -0.25) is 4.79 Å². The highest BCUT2D eigenvalue weighted by Crippen LogP contribution is 2.34. The number of carbonyl (C=O) groups is 1. The summed E-state index contributed by atoms with van der Waals surface area (Å²) >= 11 is 0. The molecule has 2 aliphatic rings. The van der Waals surface area contributed by atoms with E-state index in [2.05, 4.69) is 37.4 Å². The average molecular weight is 286 g/mol. The third-order valence-electron chi connectivity index (χ3n) is 5.14. The van der Waals surface area contributed by atoms with E-state index in [0.717, 1.165) is 30.5 Å². The predicted octanol–water partition coefficient (Wildman–Crippen LogP) is 3.83. The van der Waals surface area contributed by atoms with E-state index in [1.165, 1.54) is 30.5 Å². The molecule has 1 N–H and O–H groups in total. The Hall–Kier alpha value is -1.51. The zero-order valence-corrected chi connectivity index (χ0v) is 13.4. The molecule has 3 heteroatoms. The third-order valence-corrected chi connectivity index (χ3v) is 5.14. The Morgan fingerprint density at radius 3 is 2.81 bits per heavy atom. The second kappa shape index (κ2) is 5.70. The van der Waals surface area contributed by atoms with Crippen LogP contribution in [-0.4, -0.2) is 18.5 Å². The number of hydrogen-bond acceptors (Lipinski definition) is 2. The summed E-state index contributed by atoms with van der Waals surface area (Å²) < 4.78 is 0. The van der Waals surface area contributed by atoms with Crippen molar-refractivity contribution >= 4 is 17.3 Å². The van der Waals surface area contributed by atoms with E-state index in [1.54, 1.807) is 6.92 Å². The van der Waals surface area contributed by atoms with Gasteiger partial charge in [-0.05, 0) is 61.3 Å². The molecule has 1 heterocycles. The summed E-state index contributed by atoms with van der Waals surface area (Å²) in [5, 5.41) is 3.72. The van der Waals surface area contributed by atoms with Crippen LogP contribution in [0.5, 0.6) is 0 Å². The van der Waals surface area contributed by atoms with Crippen LogP contribution in [0.1, 0.15) is 45.6 Å². The molecule has 1 saturated carbocycles. The number of benzene rings is 1. The van der Waals surface area contributed by atoms with E-state index in [1.807, 2.05) is 4.90 Å². The predicted molar refractivity (Wildman–Crippen MR) is 87.8 cm³/mol. The van der Waals surface area contributed by atoms with Crippen molar-refractivity contribution < 1.29 is 4.79 Å². The van der Waals surface area contributed by atoms with Crippen LogP contribution in [-0.2, 0) is 11.2 Å². The standard InChI is InChI=1S/C18H26N2O/c1-12-4-6-17(13(2)10-12)19-16-5-7-18-15(11-16)8-9-20(18)14(3)21/h5,7,11-13,17,19H,4,6,8-10H2,1-3H3. The van der Waals surface area contributed by atoms with Gasteiger partial charge in [0.25, 0.3) is 0 Å². The van der Waals surface area contributed by atoms with Gasteiger partial charge >= 0.3 is 0 Å². The van der Waals surface area contributed by atoms with E-state index >= 15 is 0 Å². The molecule has 1 aromatic rings. The largest absolute Gasteiger partial charge is 0.382 e. The maximum absolute atomic E-state index is 11.6. The number of nitrogens with one attached hydrogen (secondary N) is 1. The Kier molecular flexibility index (Phi) is 3.92. The van der Waals surface area contributed by atoms with Gasteiger partial charge in [-0.2, -0.15) is 0 Å². The Morgan fingerprint density at radius 2 is 2.10 bits per heavy atom. The van der Waals surface area contributed by atoms with E-state index in [-0.39, 0.29) is 5.91 Å². The Morgan fingerprint density at radius 1 is 1.29 bits per heavy atom. The molecule has 3 atom stereocenters. The van der Waals surface area contributed by atoms with Crippen molar-refractivity contribution in [1.82, 2.24) is 0 Å². The molecule has 3 rings (SSSR count). The fourth-order valence-electron chi connectivity index (χ4n) is 3.91. The van der Waals surface area contributed by atoms with E-state index in [9.17, 15) is 4.79 Å². The fourth-order valence-corrected chi connectivity index (χ4v) is 3.91.